The van der Waals surface area contributed by atoms with Crippen molar-refractivity contribution in [3.8, 4) is 0 Å². The molecule has 0 aromatic rings. The lowest BCUT2D eigenvalue weighted by molar-refractivity contribution is -0.189. The molecule has 4 nitrogen and oxygen atoms in total. The summed E-state index contributed by atoms with van der Waals surface area (Å²) in [5.41, 5.74) is 0. The fourth-order valence-electron chi connectivity index (χ4n) is 6.26. The van der Waals surface area contributed by atoms with Gasteiger partial charge in [-0.3, -0.25) is 9.59 Å². The second-order valence-electron chi connectivity index (χ2n) is 7.26. The zero-order valence-electron chi connectivity index (χ0n) is 10.9. The third-order valence-corrected chi connectivity index (χ3v) is 6.69. The van der Waals surface area contributed by atoms with Crippen molar-refractivity contribution in [3.63, 3.8) is 0 Å². The highest BCUT2D eigenvalue weighted by Crippen LogP contribution is 2.66. The van der Waals surface area contributed by atoms with E-state index in [-0.39, 0.29) is 23.7 Å². The molecule has 0 heterocycles. The number of carbonyl (C=O) groups is 2. The maximum absolute atomic E-state index is 11.6. The smallest absolute Gasteiger partial charge is 0.307 e. The molecule has 5 aliphatic rings. The second kappa shape index (κ2) is 3.74. The maximum Gasteiger partial charge on any atom is 0.307 e. The predicted molar refractivity (Wildman–Crippen MR) is 66.3 cm³/mol. The monoisotopic (exact) mass is 264 g/mol. The Balaban J connectivity index is 1.72. The predicted octanol–water partition coefficient (Wildman–Crippen LogP) is 2.09. The van der Waals surface area contributed by atoms with Crippen molar-refractivity contribution in [1.29, 1.82) is 0 Å². The third kappa shape index (κ3) is 1.46. The van der Waals surface area contributed by atoms with E-state index in [1.165, 1.54) is 6.42 Å². The van der Waals surface area contributed by atoms with Crippen LogP contribution in [0, 0.1) is 47.3 Å². The molecule has 0 spiro atoms. The van der Waals surface area contributed by atoms with Crippen LogP contribution in [0.1, 0.15) is 32.1 Å². The summed E-state index contributed by atoms with van der Waals surface area (Å²) in [6.07, 6.45) is 4.76. The number of hydrogen-bond acceptors (Lipinski definition) is 2. The lowest BCUT2D eigenvalue weighted by Crippen LogP contribution is -2.60. The number of hydrogen-bond donors (Lipinski definition) is 2. The van der Waals surface area contributed by atoms with Gasteiger partial charge in [0.05, 0.1) is 11.8 Å². The van der Waals surface area contributed by atoms with Gasteiger partial charge < -0.3 is 10.2 Å². The van der Waals surface area contributed by atoms with E-state index in [9.17, 15) is 19.8 Å². The molecule has 4 unspecified atom stereocenters. The van der Waals surface area contributed by atoms with Crippen LogP contribution >= 0.6 is 0 Å². The van der Waals surface area contributed by atoms with Crippen LogP contribution in [0.15, 0.2) is 0 Å². The minimum Gasteiger partial charge on any atom is -0.481 e. The zero-order chi connectivity index (χ0) is 13.3. The molecule has 0 aliphatic heterocycles. The van der Waals surface area contributed by atoms with E-state index in [0.717, 1.165) is 31.6 Å². The van der Waals surface area contributed by atoms with Crippen molar-refractivity contribution in [3.05, 3.63) is 0 Å². The molecule has 2 N–H and O–H groups in total. The van der Waals surface area contributed by atoms with Gasteiger partial charge in [0.25, 0.3) is 0 Å². The van der Waals surface area contributed by atoms with Crippen molar-refractivity contribution < 1.29 is 19.8 Å². The van der Waals surface area contributed by atoms with Crippen LogP contribution < -0.4 is 0 Å². The maximum atomic E-state index is 11.6. The van der Waals surface area contributed by atoms with Crippen molar-refractivity contribution in [1.82, 2.24) is 0 Å². The van der Waals surface area contributed by atoms with Gasteiger partial charge in [0.15, 0.2) is 0 Å². The summed E-state index contributed by atoms with van der Waals surface area (Å²) < 4.78 is 0. The highest BCUT2D eigenvalue weighted by Gasteiger charge is 2.62. The molecule has 0 saturated heterocycles. The molecule has 5 saturated carbocycles. The zero-order valence-corrected chi connectivity index (χ0v) is 10.9. The molecule has 104 valence electrons. The summed E-state index contributed by atoms with van der Waals surface area (Å²) in [7, 11) is 0. The Kier molecular flexibility index (Phi) is 2.31. The SMILES string of the molecule is O=C(O)C1CC2C3CC4CC2C(C(=O)O)C(C4)C3C1. The number of aliphatic carboxylic acids is 2. The van der Waals surface area contributed by atoms with E-state index in [4.69, 9.17) is 0 Å². The molecule has 5 fully saturated rings. The summed E-state index contributed by atoms with van der Waals surface area (Å²) in [6, 6.07) is 0. The lowest BCUT2D eigenvalue weighted by atomic mass is 9.40. The van der Waals surface area contributed by atoms with Gasteiger partial charge >= 0.3 is 11.9 Å². The Bertz CT molecular complexity index is 421. The van der Waals surface area contributed by atoms with E-state index in [1.807, 2.05) is 0 Å². The van der Waals surface area contributed by atoms with Crippen LogP contribution in [0.2, 0.25) is 0 Å². The van der Waals surface area contributed by atoms with Crippen LogP contribution in [0.5, 0.6) is 0 Å². The van der Waals surface area contributed by atoms with Crippen molar-refractivity contribution >= 4 is 11.9 Å². The average Bonchev–Trinajstić information content (AvgIpc) is 2.35. The van der Waals surface area contributed by atoms with Gasteiger partial charge in [-0.05, 0) is 67.6 Å². The standard InChI is InChI=1S/C15H20O4/c16-14(17)7-4-9-8-1-6-2-11(9)13(15(18)19)12(3-6)10(8)5-7/h6-13H,1-5H2,(H,16,17)(H,18,19). The summed E-state index contributed by atoms with van der Waals surface area (Å²) in [5.74, 6) is 0.922. The Morgan fingerprint density at radius 3 is 1.63 bits per heavy atom. The second-order valence-corrected chi connectivity index (χ2v) is 7.26. The molecule has 0 aromatic carbocycles. The Hall–Kier alpha value is -1.06. The molecule has 4 heteroatoms. The van der Waals surface area contributed by atoms with Gasteiger partial charge in [-0.15, -0.1) is 0 Å². The number of rotatable bonds is 2. The Morgan fingerprint density at radius 1 is 0.684 bits per heavy atom. The molecule has 0 aromatic heterocycles. The molecule has 0 radical (unpaired) electrons. The first-order chi connectivity index (χ1) is 9.06. The fraction of sp³-hybridized carbons (Fsp3) is 0.867. The van der Waals surface area contributed by atoms with Gasteiger partial charge in [-0.2, -0.15) is 0 Å². The minimum atomic E-state index is -0.669. The molecular weight excluding hydrogens is 244 g/mol. The third-order valence-electron chi connectivity index (χ3n) is 6.69. The first-order valence-corrected chi connectivity index (χ1v) is 7.52. The number of carboxylic acid groups (broad SMARTS) is 2. The van der Waals surface area contributed by atoms with Gasteiger partial charge in [-0.25, -0.2) is 0 Å². The Labute approximate surface area is 112 Å². The summed E-state index contributed by atoms with van der Waals surface area (Å²) >= 11 is 0. The van der Waals surface area contributed by atoms with E-state index < -0.39 is 11.9 Å². The van der Waals surface area contributed by atoms with Gasteiger partial charge in [0, 0.05) is 0 Å². The van der Waals surface area contributed by atoms with E-state index >= 15 is 0 Å². The van der Waals surface area contributed by atoms with E-state index in [0.29, 0.717) is 17.8 Å². The molecule has 5 rings (SSSR count). The highest BCUT2D eigenvalue weighted by atomic mass is 16.4. The first kappa shape index (κ1) is 11.7. The molecule has 4 atom stereocenters. The molecule has 5 aliphatic carbocycles. The number of carboxylic acids is 2. The largest absolute Gasteiger partial charge is 0.481 e. The molecule has 19 heavy (non-hydrogen) atoms. The van der Waals surface area contributed by atoms with E-state index in [2.05, 4.69) is 0 Å². The highest BCUT2D eigenvalue weighted by molar-refractivity contribution is 5.72. The molecule has 0 amide bonds. The Morgan fingerprint density at radius 2 is 1.16 bits per heavy atom. The van der Waals surface area contributed by atoms with Crippen molar-refractivity contribution in [2.24, 2.45) is 47.3 Å². The normalized spacial score (nSPS) is 54.1. The van der Waals surface area contributed by atoms with Crippen molar-refractivity contribution in [2.45, 2.75) is 32.1 Å². The minimum absolute atomic E-state index is 0.183. The fourth-order valence-corrected chi connectivity index (χ4v) is 6.26. The van der Waals surface area contributed by atoms with Crippen LogP contribution in [0.3, 0.4) is 0 Å². The lowest BCUT2D eigenvalue weighted by Gasteiger charge is -2.64. The van der Waals surface area contributed by atoms with Crippen molar-refractivity contribution in [2.75, 3.05) is 0 Å². The van der Waals surface area contributed by atoms with Gasteiger partial charge in [0.2, 0.25) is 0 Å². The van der Waals surface area contributed by atoms with Gasteiger partial charge in [0.1, 0.15) is 0 Å². The first-order valence-electron chi connectivity index (χ1n) is 7.52. The van der Waals surface area contributed by atoms with Crippen LogP contribution in [0.4, 0.5) is 0 Å². The average molecular weight is 264 g/mol. The topological polar surface area (TPSA) is 74.6 Å². The molecule has 6 bridgehead atoms. The van der Waals surface area contributed by atoms with Crippen LogP contribution in [-0.4, -0.2) is 22.2 Å². The van der Waals surface area contributed by atoms with Crippen LogP contribution in [0.25, 0.3) is 0 Å². The van der Waals surface area contributed by atoms with Gasteiger partial charge in [-0.1, -0.05) is 0 Å². The summed E-state index contributed by atoms with van der Waals surface area (Å²) in [4.78, 5) is 22.9. The van der Waals surface area contributed by atoms with Crippen LogP contribution in [-0.2, 0) is 9.59 Å². The quantitative estimate of drug-likeness (QED) is 0.801. The summed E-state index contributed by atoms with van der Waals surface area (Å²) in [5, 5.41) is 18.9. The molecular formula is C15H20O4. The summed E-state index contributed by atoms with van der Waals surface area (Å²) in [6.45, 7) is 0. The van der Waals surface area contributed by atoms with E-state index in [1.54, 1.807) is 0 Å².